The average molecular weight is 414 g/mol. The van der Waals surface area contributed by atoms with E-state index in [9.17, 15) is 18.0 Å². The monoisotopic (exact) mass is 413 g/mol. The number of H-pyrrole nitrogens is 2. The van der Waals surface area contributed by atoms with Gasteiger partial charge in [0.1, 0.15) is 0 Å². The summed E-state index contributed by atoms with van der Waals surface area (Å²) in [5, 5.41) is 6.54. The van der Waals surface area contributed by atoms with Crippen molar-refractivity contribution in [1.82, 2.24) is 24.7 Å². The molecule has 0 saturated heterocycles. The molecule has 2 heterocycles. The standard InChI is InChI=1S/C16H8Cl2F3N5O/c17-8-2-1-3-11(12(8)18)26-14(24-25-15(26)27)13-22-9-5-4-7(16(19,20)21)6-10(9)23-13/h1-6H,(H,22,23)(H,25,27). The Bertz CT molecular complexity index is 1220. The predicted molar refractivity (Wildman–Crippen MR) is 94.3 cm³/mol. The molecule has 4 aromatic rings. The normalized spacial score (nSPS) is 12.0. The molecular weight excluding hydrogens is 406 g/mol. The minimum absolute atomic E-state index is 0.0499. The van der Waals surface area contributed by atoms with Gasteiger partial charge in [0.2, 0.25) is 5.82 Å². The van der Waals surface area contributed by atoms with Gasteiger partial charge in [-0.3, -0.25) is 0 Å². The number of nitrogens with one attached hydrogen (secondary N) is 2. The Kier molecular flexibility index (Phi) is 4.01. The fraction of sp³-hybridized carbons (Fsp3) is 0.0625. The molecule has 0 aliphatic carbocycles. The summed E-state index contributed by atoms with van der Waals surface area (Å²) in [4.78, 5) is 19.2. The molecule has 0 bridgehead atoms. The molecule has 138 valence electrons. The first-order valence-electron chi connectivity index (χ1n) is 7.45. The summed E-state index contributed by atoms with van der Waals surface area (Å²) in [6.45, 7) is 0. The number of aromatic amines is 2. The van der Waals surface area contributed by atoms with E-state index < -0.39 is 17.4 Å². The lowest BCUT2D eigenvalue weighted by atomic mass is 10.2. The second-order valence-corrected chi connectivity index (χ2v) is 6.36. The van der Waals surface area contributed by atoms with E-state index >= 15 is 0 Å². The van der Waals surface area contributed by atoms with Gasteiger partial charge < -0.3 is 4.98 Å². The molecule has 2 N–H and O–H groups in total. The first-order valence-corrected chi connectivity index (χ1v) is 8.20. The van der Waals surface area contributed by atoms with Crippen molar-refractivity contribution in [3.8, 4) is 17.3 Å². The molecule has 2 aromatic heterocycles. The summed E-state index contributed by atoms with van der Waals surface area (Å²) >= 11 is 12.2. The fourth-order valence-corrected chi connectivity index (χ4v) is 3.02. The van der Waals surface area contributed by atoms with Gasteiger partial charge in [0.25, 0.3) is 0 Å². The number of aromatic nitrogens is 5. The van der Waals surface area contributed by atoms with Crippen LogP contribution in [0.1, 0.15) is 5.56 Å². The van der Waals surface area contributed by atoms with Crippen LogP contribution in [0.2, 0.25) is 10.0 Å². The molecule has 0 radical (unpaired) electrons. The van der Waals surface area contributed by atoms with E-state index in [1.165, 1.54) is 6.07 Å². The van der Waals surface area contributed by atoms with Crippen molar-refractivity contribution in [3.63, 3.8) is 0 Å². The third-order valence-electron chi connectivity index (χ3n) is 3.87. The Labute approximate surface area is 158 Å². The van der Waals surface area contributed by atoms with Crippen LogP contribution in [0.4, 0.5) is 13.2 Å². The molecule has 0 aliphatic heterocycles. The van der Waals surface area contributed by atoms with Crippen LogP contribution in [0.25, 0.3) is 28.4 Å². The van der Waals surface area contributed by atoms with Gasteiger partial charge in [-0.15, -0.1) is 5.10 Å². The van der Waals surface area contributed by atoms with Crippen LogP contribution in [0, 0.1) is 0 Å². The van der Waals surface area contributed by atoms with Crippen molar-refractivity contribution >= 4 is 34.2 Å². The van der Waals surface area contributed by atoms with Crippen LogP contribution < -0.4 is 5.69 Å². The number of hydrogen-bond acceptors (Lipinski definition) is 3. The van der Waals surface area contributed by atoms with Gasteiger partial charge in [-0.25, -0.2) is 19.4 Å². The van der Waals surface area contributed by atoms with Gasteiger partial charge in [-0.1, -0.05) is 29.3 Å². The quantitative estimate of drug-likeness (QED) is 0.510. The summed E-state index contributed by atoms with van der Waals surface area (Å²) in [6, 6.07) is 7.81. The molecule has 0 spiro atoms. The highest BCUT2D eigenvalue weighted by Gasteiger charge is 2.31. The molecule has 0 fully saturated rings. The lowest BCUT2D eigenvalue weighted by molar-refractivity contribution is -0.137. The Hall–Kier alpha value is -2.78. The van der Waals surface area contributed by atoms with Crippen LogP contribution in [-0.4, -0.2) is 24.7 Å². The van der Waals surface area contributed by atoms with Crippen LogP contribution in [0.3, 0.4) is 0 Å². The van der Waals surface area contributed by atoms with Gasteiger partial charge in [0.15, 0.2) is 5.82 Å². The van der Waals surface area contributed by atoms with Gasteiger partial charge in [0.05, 0.1) is 32.3 Å². The van der Waals surface area contributed by atoms with Crippen molar-refractivity contribution in [2.24, 2.45) is 0 Å². The number of halogens is 5. The first kappa shape index (κ1) is 17.6. The molecule has 2 aromatic carbocycles. The second-order valence-electron chi connectivity index (χ2n) is 5.58. The van der Waals surface area contributed by atoms with Crippen LogP contribution in [0.5, 0.6) is 0 Å². The van der Waals surface area contributed by atoms with E-state index in [1.54, 1.807) is 18.2 Å². The molecule has 11 heteroatoms. The largest absolute Gasteiger partial charge is 0.416 e. The maximum Gasteiger partial charge on any atom is 0.416 e. The molecule has 0 aliphatic rings. The maximum atomic E-state index is 12.9. The van der Waals surface area contributed by atoms with Crippen molar-refractivity contribution in [2.75, 3.05) is 0 Å². The molecule has 0 amide bonds. The lowest BCUT2D eigenvalue weighted by Gasteiger charge is -2.07. The van der Waals surface area contributed by atoms with Crippen LogP contribution >= 0.6 is 23.2 Å². The molecule has 27 heavy (non-hydrogen) atoms. The van der Waals surface area contributed by atoms with E-state index in [4.69, 9.17) is 23.2 Å². The smallest absolute Gasteiger partial charge is 0.335 e. The fourth-order valence-electron chi connectivity index (χ4n) is 2.64. The maximum absolute atomic E-state index is 12.9. The lowest BCUT2D eigenvalue weighted by Crippen LogP contribution is -2.16. The van der Waals surface area contributed by atoms with Crippen molar-refractivity contribution < 1.29 is 13.2 Å². The molecule has 0 saturated carbocycles. The Morgan fingerprint density at radius 2 is 1.89 bits per heavy atom. The molecule has 0 unspecified atom stereocenters. The summed E-state index contributed by atoms with van der Waals surface area (Å²) in [6.07, 6.45) is -4.48. The number of alkyl halides is 3. The summed E-state index contributed by atoms with van der Waals surface area (Å²) in [7, 11) is 0. The second kappa shape index (κ2) is 6.14. The Balaban J connectivity index is 1.90. The number of hydrogen-bond donors (Lipinski definition) is 2. The van der Waals surface area contributed by atoms with Crippen molar-refractivity contribution in [2.45, 2.75) is 6.18 Å². The highest BCUT2D eigenvalue weighted by Crippen LogP contribution is 2.32. The first-order chi connectivity index (χ1) is 12.8. The summed E-state index contributed by atoms with van der Waals surface area (Å²) in [5.41, 5.74) is -0.723. The number of rotatable bonds is 2. The zero-order valence-electron chi connectivity index (χ0n) is 13.1. The van der Waals surface area contributed by atoms with Gasteiger partial charge in [-0.05, 0) is 30.3 Å². The average Bonchev–Trinajstić information content (AvgIpc) is 3.19. The topological polar surface area (TPSA) is 79.4 Å². The molecule has 0 atom stereocenters. The summed E-state index contributed by atoms with van der Waals surface area (Å²) < 4.78 is 39.8. The Morgan fingerprint density at radius 3 is 2.63 bits per heavy atom. The minimum atomic E-state index is -4.48. The van der Waals surface area contributed by atoms with Gasteiger partial charge >= 0.3 is 11.9 Å². The van der Waals surface area contributed by atoms with Gasteiger partial charge in [-0.2, -0.15) is 13.2 Å². The number of fused-ring (bicyclic) bond motifs is 1. The third kappa shape index (κ3) is 2.98. The number of benzene rings is 2. The van der Waals surface area contributed by atoms with E-state index in [0.29, 0.717) is 0 Å². The summed E-state index contributed by atoms with van der Waals surface area (Å²) in [5.74, 6) is 0.146. The van der Waals surface area contributed by atoms with Crippen LogP contribution in [0.15, 0.2) is 41.2 Å². The minimum Gasteiger partial charge on any atom is -0.335 e. The number of imidazole rings is 1. The van der Waals surface area contributed by atoms with E-state index in [2.05, 4.69) is 20.2 Å². The SMILES string of the molecule is O=c1[nH]nc(-c2nc3ccc(C(F)(F)F)cc3[nH]2)n1-c1cccc(Cl)c1Cl. The van der Waals surface area contributed by atoms with Crippen molar-refractivity contribution in [1.29, 1.82) is 0 Å². The van der Waals surface area contributed by atoms with E-state index in [-0.39, 0.29) is 38.4 Å². The van der Waals surface area contributed by atoms with Crippen LogP contribution in [-0.2, 0) is 6.18 Å². The molecule has 4 rings (SSSR count). The molecular formula is C16H8Cl2F3N5O. The Morgan fingerprint density at radius 1 is 1.11 bits per heavy atom. The zero-order valence-corrected chi connectivity index (χ0v) is 14.6. The van der Waals surface area contributed by atoms with Gasteiger partial charge in [0, 0.05) is 0 Å². The van der Waals surface area contributed by atoms with E-state index in [0.717, 1.165) is 16.7 Å². The van der Waals surface area contributed by atoms with Crippen molar-refractivity contribution in [3.05, 3.63) is 62.5 Å². The molecule has 6 nitrogen and oxygen atoms in total. The number of nitrogens with zero attached hydrogens (tertiary/aromatic N) is 3. The van der Waals surface area contributed by atoms with E-state index in [1.807, 2.05) is 0 Å². The zero-order chi connectivity index (χ0) is 19.3. The third-order valence-corrected chi connectivity index (χ3v) is 4.67. The highest BCUT2D eigenvalue weighted by molar-refractivity contribution is 6.43. The highest BCUT2D eigenvalue weighted by atomic mass is 35.5. The predicted octanol–water partition coefficient (Wildman–Crippen LogP) is 4.43.